The standard InChI is InChI=1S/C15H21N3O.ClH/c1-9(13-7-10-2-3-11(13)6-10)18-15(19)14-5-4-12(16)8-17-14;/h4-5,8-11,13H,2-3,6-7,16H2,1H3,(H,18,19);1H. The Balaban J connectivity index is 0.00000147. The Morgan fingerprint density at radius 1 is 1.40 bits per heavy atom. The van der Waals surface area contributed by atoms with Crippen LogP contribution < -0.4 is 11.1 Å². The first kappa shape index (κ1) is 15.1. The molecule has 2 fully saturated rings. The fourth-order valence-electron chi connectivity index (χ4n) is 3.83. The molecule has 1 aromatic heterocycles. The summed E-state index contributed by atoms with van der Waals surface area (Å²) in [5.41, 5.74) is 6.60. The number of nitrogen functional groups attached to an aromatic ring is 1. The van der Waals surface area contributed by atoms with Crippen LogP contribution in [-0.4, -0.2) is 16.9 Å². The van der Waals surface area contributed by atoms with Gasteiger partial charge in [0.25, 0.3) is 5.91 Å². The highest BCUT2D eigenvalue weighted by molar-refractivity contribution is 5.92. The van der Waals surface area contributed by atoms with E-state index in [1.165, 1.54) is 31.9 Å². The van der Waals surface area contributed by atoms with Crippen LogP contribution in [0, 0.1) is 17.8 Å². The van der Waals surface area contributed by atoms with Crippen LogP contribution in [0.3, 0.4) is 0 Å². The number of amides is 1. The van der Waals surface area contributed by atoms with Crippen molar-refractivity contribution >= 4 is 24.0 Å². The second-order valence-electron chi connectivity index (χ2n) is 6.08. The molecule has 4 atom stereocenters. The van der Waals surface area contributed by atoms with E-state index >= 15 is 0 Å². The third-order valence-electron chi connectivity index (χ3n) is 4.81. The molecule has 0 saturated heterocycles. The van der Waals surface area contributed by atoms with Gasteiger partial charge in [-0.2, -0.15) is 0 Å². The average molecular weight is 296 g/mol. The number of anilines is 1. The minimum Gasteiger partial charge on any atom is -0.397 e. The van der Waals surface area contributed by atoms with Crippen LogP contribution in [0.25, 0.3) is 0 Å². The first-order valence-corrected chi connectivity index (χ1v) is 7.16. The number of nitrogens with zero attached hydrogens (tertiary/aromatic N) is 1. The summed E-state index contributed by atoms with van der Waals surface area (Å²) in [5.74, 6) is 2.29. The summed E-state index contributed by atoms with van der Waals surface area (Å²) < 4.78 is 0. The molecule has 0 radical (unpaired) electrons. The lowest BCUT2D eigenvalue weighted by molar-refractivity contribution is 0.0910. The highest BCUT2D eigenvalue weighted by Crippen LogP contribution is 2.49. The summed E-state index contributed by atoms with van der Waals surface area (Å²) in [5, 5.41) is 3.10. The van der Waals surface area contributed by atoms with Crippen LogP contribution in [0.1, 0.15) is 43.1 Å². The first-order chi connectivity index (χ1) is 9.13. The third-order valence-corrected chi connectivity index (χ3v) is 4.81. The van der Waals surface area contributed by atoms with Gasteiger partial charge in [-0.05, 0) is 56.1 Å². The van der Waals surface area contributed by atoms with Crippen molar-refractivity contribution in [2.24, 2.45) is 17.8 Å². The van der Waals surface area contributed by atoms with Crippen LogP contribution in [0.5, 0.6) is 0 Å². The Labute approximate surface area is 125 Å². The molecule has 5 heteroatoms. The molecular formula is C15H22ClN3O. The molecule has 3 N–H and O–H groups in total. The maximum atomic E-state index is 12.1. The number of nitrogens with two attached hydrogens (primary N) is 1. The first-order valence-electron chi connectivity index (χ1n) is 7.16. The van der Waals surface area contributed by atoms with Crippen molar-refractivity contribution in [3.05, 3.63) is 24.0 Å². The number of hydrogen-bond donors (Lipinski definition) is 2. The number of aromatic nitrogens is 1. The quantitative estimate of drug-likeness (QED) is 0.901. The van der Waals surface area contributed by atoms with Crippen molar-refractivity contribution < 1.29 is 4.79 Å². The van der Waals surface area contributed by atoms with E-state index < -0.39 is 0 Å². The van der Waals surface area contributed by atoms with E-state index in [2.05, 4.69) is 17.2 Å². The van der Waals surface area contributed by atoms with Gasteiger partial charge in [0.05, 0.1) is 11.9 Å². The number of halogens is 1. The van der Waals surface area contributed by atoms with E-state index in [-0.39, 0.29) is 24.4 Å². The van der Waals surface area contributed by atoms with E-state index in [1.54, 1.807) is 12.1 Å². The topological polar surface area (TPSA) is 68.0 Å². The molecule has 1 heterocycles. The van der Waals surface area contributed by atoms with Gasteiger partial charge < -0.3 is 11.1 Å². The molecule has 2 saturated carbocycles. The van der Waals surface area contributed by atoms with Crippen molar-refractivity contribution in [2.45, 2.75) is 38.6 Å². The van der Waals surface area contributed by atoms with E-state index in [0.29, 0.717) is 17.3 Å². The smallest absolute Gasteiger partial charge is 0.270 e. The van der Waals surface area contributed by atoms with Gasteiger partial charge in [-0.15, -0.1) is 12.4 Å². The van der Waals surface area contributed by atoms with Gasteiger partial charge in [-0.1, -0.05) is 6.42 Å². The van der Waals surface area contributed by atoms with Crippen molar-refractivity contribution in [2.75, 3.05) is 5.73 Å². The zero-order valence-corrected chi connectivity index (χ0v) is 12.5. The molecule has 20 heavy (non-hydrogen) atoms. The SMILES string of the molecule is CC(NC(=O)c1ccc(N)cn1)C1CC2CCC1C2.Cl. The minimum absolute atomic E-state index is 0. The van der Waals surface area contributed by atoms with Crippen molar-refractivity contribution in [1.82, 2.24) is 10.3 Å². The number of fused-ring (bicyclic) bond motifs is 2. The average Bonchev–Trinajstić information content (AvgIpc) is 3.01. The van der Waals surface area contributed by atoms with Gasteiger partial charge in [0.15, 0.2) is 0 Å². The van der Waals surface area contributed by atoms with Gasteiger partial charge >= 0.3 is 0 Å². The summed E-state index contributed by atoms with van der Waals surface area (Å²) in [6.07, 6.45) is 6.90. The fraction of sp³-hybridized carbons (Fsp3) is 0.600. The lowest BCUT2D eigenvalue weighted by Crippen LogP contribution is -2.40. The molecule has 4 unspecified atom stereocenters. The Kier molecular flexibility index (Phi) is 4.53. The summed E-state index contributed by atoms with van der Waals surface area (Å²) in [7, 11) is 0. The molecule has 0 aromatic carbocycles. The lowest BCUT2D eigenvalue weighted by atomic mass is 9.84. The van der Waals surface area contributed by atoms with Gasteiger partial charge in [0, 0.05) is 6.04 Å². The van der Waals surface area contributed by atoms with Gasteiger partial charge in [-0.3, -0.25) is 4.79 Å². The summed E-state index contributed by atoms with van der Waals surface area (Å²) in [4.78, 5) is 16.2. The van der Waals surface area contributed by atoms with Crippen molar-refractivity contribution in [1.29, 1.82) is 0 Å². The van der Waals surface area contributed by atoms with Crippen LogP contribution in [0.4, 0.5) is 5.69 Å². The van der Waals surface area contributed by atoms with Gasteiger partial charge in [0.1, 0.15) is 5.69 Å². The Bertz CT molecular complexity index is 477. The Hall–Kier alpha value is -1.29. The van der Waals surface area contributed by atoms with Gasteiger partial charge in [-0.25, -0.2) is 4.98 Å². The number of carbonyl (C=O) groups is 1. The molecule has 2 aliphatic carbocycles. The number of nitrogens with one attached hydrogen (secondary N) is 1. The van der Waals surface area contributed by atoms with Gasteiger partial charge in [0.2, 0.25) is 0 Å². The van der Waals surface area contributed by atoms with Crippen molar-refractivity contribution in [3.8, 4) is 0 Å². The maximum Gasteiger partial charge on any atom is 0.270 e. The summed E-state index contributed by atoms with van der Waals surface area (Å²) in [6.45, 7) is 2.13. The van der Waals surface area contributed by atoms with Crippen molar-refractivity contribution in [3.63, 3.8) is 0 Å². The molecule has 0 spiro atoms. The molecule has 110 valence electrons. The fourth-order valence-corrected chi connectivity index (χ4v) is 3.83. The van der Waals surface area contributed by atoms with Crippen LogP contribution in [0.15, 0.2) is 18.3 Å². The largest absolute Gasteiger partial charge is 0.397 e. The van der Waals surface area contributed by atoms with E-state index in [9.17, 15) is 4.79 Å². The van der Waals surface area contributed by atoms with E-state index in [1.807, 2.05) is 0 Å². The predicted octanol–water partition coefficient (Wildman–Crippen LogP) is 2.64. The number of pyridine rings is 1. The highest BCUT2D eigenvalue weighted by Gasteiger charge is 2.42. The molecule has 4 nitrogen and oxygen atoms in total. The molecule has 0 aliphatic heterocycles. The molecule has 3 rings (SSSR count). The highest BCUT2D eigenvalue weighted by atomic mass is 35.5. The molecule has 2 aliphatic rings. The molecular weight excluding hydrogens is 274 g/mol. The minimum atomic E-state index is -0.0877. The van der Waals surface area contributed by atoms with E-state index in [4.69, 9.17) is 5.73 Å². The summed E-state index contributed by atoms with van der Waals surface area (Å²) >= 11 is 0. The molecule has 1 aromatic rings. The summed E-state index contributed by atoms with van der Waals surface area (Å²) in [6, 6.07) is 3.63. The van der Waals surface area contributed by atoms with Crippen LogP contribution in [0.2, 0.25) is 0 Å². The third kappa shape index (κ3) is 2.90. The lowest BCUT2D eigenvalue weighted by Gasteiger charge is -2.28. The Morgan fingerprint density at radius 2 is 2.20 bits per heavy atom. The molecule has 2 bridgehead atoms. The maximum absolute atomic E-state index is 12.1. The Morgan fingerprint density at radius 3 is 2.75 bits per heavy atom. The number of hydrogen-bond acceptors (Lipinski definition) is 3. The normalized spacial score (nSPS) is 28.8. The number of rotatable bonds is 3. The second kappa shape index (κ2) is 6.00. The second-order valence-corrected chi connectivity index (χ2v) is 6.08. The van der Waals surface area contributed by atoms with Crippen LogP contribution in [-0.2, 0) is 0 Å². The number of carbonyl (C=O) groups excluding carboxylic acids is 1. The molecule has 1 amide bonds. The zero-order chi connectivity index (χ0) is 13.4. The zero-order valence-electron chi connectivity index (χ0n) is 11.7. The van der Waals surface area contributed by atoms with Crippen LogP contribution >= 0.6 is 12.4 Å². The monoisotopic (exact) mass is 295 g/mol. The predicted molar refractivity (Wildman–Crippen MR) is 81.8 cm³/mol. The van der Waals surface area contributed by atoms with E-state index in [0.717, 1.165) is 11.8 Å².